The smallest absolute Gasteiger partial charge is 0.408 e. The molecule has 8 atom stereocenters. The minimum Gasteiger partial charge on any atom is -0.508 e. The number of carbonyl (C=O) groups excluding carboxylic acids is 2. The fourth-order valence-electron chi connectivity index (χ4n) is 9.16. The number of methoxy groups -OCH3 is 1. The number of phenolic OH excluding ortho intramolecular Hbond substituents is 1. The van der Waals surface area contributed by atoms with Crippen LogP contribution in [0.5, 0.6) is 17.2 Å². The van der Waals surface area contributed by atoms with Crippen molar-refractivity contribution in [2.24, 2.45) is 17.8 Å². The number of allylic oxidation sites excluding steroid dienone is 2. The number of fused-ring (bicyclic) bond motifs is 3. The molecular formula is C42H54N2O11. The van der Waals surface area contributed by atoms with Gasteiger partial charge in [0.1, 0.15) is 23.2 Å². The van der Waals surface area contributed by atoms with Crippen molar-refractivity contribution in [2.75, 3.05) is 12.4 Å². The molecule has 5 N–H and O–H groups in total. The van der Waals surface area contributed by atoms with Crippen LogP contribution in [0.1, 0.15) is 95.1 Å². The number of alkyl carbamates (subject to hydrolysis) is 1. The van der Waals surface area contributed by atoms with E-state index >= 15 is 0 Å². The van der Waals surface area contributed by atoms with Crippen LogP contribution in [-0.2, 0) is 20.6 Å². The average Bonchev–Trinajstić information content (AvgIpc) is 3.08. The predicted octanol–water partition coefficient (Wildman–Crippen LogP) is 6.86. The van der Waals surface area contributed by atoms with E-state index in [2.05, 4.69) is 24.5 Å². The maximum absolute atomic E-state index is 13.6. The molecular weight excluding hydrogens is 708 g/mol. The standard InChI is InChI=1S/C42H54N2O11/c1-21(2)9-10-26-17-27(11-13-29(26)45)37(48)43-31-32(46)28-12-14-30(24(5)34(28)53-38(31)49)52-39-33(47)35(36(51-8)41(6,7)55-39)54-40(50)44-42-18-22(3)15-25(20-42)16-23(4)19-42/h9,11-14,17,22-23,25,33,35-36,39,45-47H,10,15-16,18-20H2,1-8H3,(H,43,48)(H,44,50)/t22-,23+,25?,33-,35+,36-,39-,42?/m1/s1. The van der Waals surface area contributed by atoms with Crippen LogP contribution in [0.2, 0.25) is 0 Å². The zero-order valence-corrected chi connectivity index (χ0v) is 32.9. The van der Waals surface area contributed by atoms with Gasteiger partial charge in [-0.05, 0) is 127 Å². The van der Waals surface area contributed by atoms with Gasteiger partial charge in [-0.1, -0.05) is 25.5 Å². The van der Waals surface area contributed by atoms with Gasteiger partial charge in [0.05, 0.1) is 11.0 Å². The van der Waals surface area contributed by atoms with E-state index in [0.717, 1.165) is 37.7 Å². The summed E-state index contributed by atoms with van der Waals surface area (Å²) >= 11 is 0. The Morgan fingerprint density at radius 2 is 1.73 bits per heavy atom. The van der Waals surface area contributed by atoms with E-state index in [1.54, 1.807) is 20.8 Å². The van der Waals surface area contributed by atoms with Crippen LogP contribution >= 0.6 is 0 Å². The van der Waals surface area contributed by atoms with Crippen LogP contribution in [0.3, 0.4) is 0 Å². The van der Waals surface area contributed by atoms with Crippen LogP contribution in [0.15, 0.2) is 51.2 Å². The number of aromatic hydroxyl groups is 2. The highest BCUT2D eigenvalue weighted by molar-refractivity contribution is 6.06. The molecule has 1 aliphatic heterocycles. The van der Waals surface area contributed by atoms with E-state index in [-0.39, 0.29) is 33.6 Å². The number of carbonyl (C=O) groups is 2. The first kappa shape index (κ1) is 40.1. The molecule has 0 radical (unpaired) electrons. The van der Waals surface area contributed by atoms with Crippen molar-refractivity contribution < 1.29 is 48.3 Å². The number of nitrogens with one attached hydrogen (secondary N) is 2. The van der Waals surface area contributed by atoms with E-state index in [1.807, 2.05) is 19.9 Å². The van der Waals surface area contributed by atoms with E-state index in [9.17, 15) is 29.7 Å². The Kier molecular flexibility index (Phi) is 11.3. The molecule has 2 aliphatic carbocycles. The third-order valence-electron chi connectivity index (χ3n) is 11.3. The molecule has 1 saturated heterocycles. The van der Waals surface area contributed by atoms with Gasteiger partial charge in [0.25, 0.3) is 5.91 Å². The van der Waals surface area contributed by atoms with E-state index in [4.69, 9.17) is 23.4 Å². The third-order valence-corrected chi connectivity index (χ3v) is 11.3. The molecule has 3 aromatic rings. The number of ether oxygens (including phenoxy) is 4. The molecule has 298 valence electrons. The van der Waals surface area contributed by atoms with Crippen LogP contribution in [0.4, 0.5) is 10.5 Å². The summed E-state index contributed by atoms with van der Waals surface area (Å²) in [6.07, 6.45) is 1.75. The molecule has 2 bridgehead atoms. The molecule has 3 aliphatic rings. The lowest BCUT2D eigenvalue weighted by Crippen LogP contribution is -2.66. The zero-order chi connectivity index (χ0) is 40.0. The summed E-state index contributed by atoms with van der Waals surface area (Å²) in [5, 5.41) is 38.8. The number of benzene rings is 2. The molecule has 1 aromatic heterocycles. The van der Waals surface area contributed by atoms with Gasteiger partial charge < -0.3 is 49.3 Å². The first-order valence-electron chi connectivity index (χ1n) is 19.0. The van der Waals surface area contributed by atoms with Crippen LogP contribution < -0.4 is 21.0 Å². The Hall–Kier alpha value is -4.59. The topological polar surface area (TPSA) is 186 Å². The van der Waals surface area contributed by atoms with Crippen LogP contribution in [0, 0.1) is 24.7 Å². The normalized spacial score (nSPS) is 28.6. The van der Waals surface area contributed by atoms with Gasteiger partial charge in [0, 0.05) is 23.8 Å². The fraction of sp³-hybridized carbons (Fsp3) is 0.548. The van der Waals surface area contributed by atoms with Crippen molar-refractivity contribution in [1.82, 2.24) is 5.32 Å². The molecule has 13 nitrogen and oxygen atoms in total. The minimum absolute atomic E-state index is 0.0147. The molecule has 13 heteroatoms. The van der Waals surface area contributed by atoms with E-state index < -0.39 is 59.3 Å². The summed E-state index contributed by atoms with van der Waals surface area (Å²) in [6, 6.07) is 7.28. The quantitative estimate of drug-likeness (QED) is 0.113. The molecule has 3 fully saturated rings. The van der Waals surface area contributed by atoms with Crippen LogP contribution in [0.25, 0.3) is 11.0 Å². The van der Waals surface area contributed by atoms with Gasteiger partial charge in [0.15, 0.2) is 23.6 Å². The zero-order valence-electron chi connectivity index (χ0n) is 32.9. The second-order valence-electron chi connectivity index (χ2n) is 16.8. The lowest BCUT2D eigenvalue weighted by atomic mass is 9.61. The summed E-state index contributed by atoms with van der Waals surface area (Å²) in [6.45, 7) is 13.4. The maximum atomic E-state index is 13.6. The molecule has 2 heterocycles. The Balaban J connectivity index is 1.21. The molecule has 2 aromatic carbocycles. The summed E-state index contributed by atoms with van der Waals surface area (Å²) in [5.74, 6) is 0.483. The SMILES string of the molecule is CO[C@@H]1[C@@H](OC(=O)NC23CC(C[C@@H](C)C2)C[C@H](C)C3)[C@@H](O)[C@H](Oc2ccc3c(O)c(NC(=O)c4ccc(O)c(CC=C(C)C)c4)c(=O)oc3c2C)OC1(C)C. The molecule has 55 heavy (non-hydrogen) atoms. The summed E-state index contributed by atoms with van der Waals surface area (Å²) < 4.78 is 29.7. The van der Waals surface area contributed by atoms with Crippen molar-refractivity contribution in [3.8, 4) is 17.2 Å². The van der Waals surface area contributed by atoms with Crippen molar-refractivity contribution in [3.63, 3.8) is 0 Å². The van der Waals surface area contributed by atoms with Gasteiger partial charge in [-0.3, -0.25) is 4.79 Å². The van der Waals surface area contributed by atoms with Gasteiger partial charge in [-0.25, -0.2) is 9.59 Å². The summed E-state index contributed by atoms with van der Waals surface area (Å²) in [7, 11) is 1.46. The van der Waals surface area contributed by atoms with Gasteiger partial charge in [0.2, 0.25) is 6.29 Å². The van der Waals surface area contributed by atoms with E-state index in [1.165, 1.54) is 37.4 Å². The highest BCUT2D eigenvalue weighted by Gasteiger charge is 2.54. The van der Waals surface area contributed by atoms with Crippen molar-refractivity contribution in [3.05, 3.63) is 69.1 Å². The van der Waals surface area contributed by atoms with Crippen molar-refractivity contribution in [2.45, 2.75) is 123 Å². The number of hydrogen-bond acceptors (Lipinski definition) is 11. The van der Waals surface area contributed by atoms with Gasteiger partial charge in [-0.15, -0.1) is 0 Å². The average molecular weight is 763 g/mol. The molecule has 6 rings (SSSR count). The highest BCUT2D eigenvalue weighted by Crippen LogP contribution is 2.47. The predicted molar refractivity (Wildman–Crippen MR) is 206 cm³/mol. The molecule has 2 amide bonds. The summed E-state index contributed by atoms with van der Waals surface area (Å²) in [4.78, 5) is 40.0. The van der Waals surface area contributed by atoms with Crippen molar-refractivity contribution >= 4 is 28.7 Å². The number of aliphatic hydroxyl groups is 1. The molecule has 0 spiro atoms. The number of phenols is 1. The maximum Gasteiger partial charge on any atom is 0.408 e. The second kappa shape index (κ2) is 15.5. The number of hydrogen-bond donors (Lipinski definition) is 5. The number of aliphatic hydroxyl groups excluding tert-OH is 1. The lowest BCUT2D eigenvalue weighted by molar-refractivity contribution is -0.305. The Bertz CT molecular complexity index is 2010. The highest BCUT2D eigenvalue weighted by atomic mass is 16.7. The first-order valence-corrected chi connectivity index (χ1v) is 19.0. The number of amides is 2. The van der Waals surface area contributed by atoms with Gasteiger partial charge >= 0.3 is 11.7 Å². The largest absolute Gasteiger partial charge is 0.508 e. The van der Waals surface area contributed by atoms with Crippen LogP contribution in [-0.4, -0.2) is 70.2 Å². The minimum atomic E-state index is -1.49. The second-order valence-corrected chi connectivity index (χ2v) is 16.8. The monoisotopic (exact) mass is 762 g/mol. The number of rotatable bonds is 9. The van der Waals surface area contributed by atoms with Crippen molar-refractivity contribution in [1.29, 1.82) is 0 Å². The fourth-order valence-corrected chi connectivity index (χ4v) is 9.16. The Labute approximate surface area is 321 Å². The molecule has 2 unspecified atom stereocenters. The number of anilines is 1. The molecule has 2 saturated carbocycles. The Morgan fingerprint density at radius 1 is 1.04 bits per heavy atom. The first-order chi connectivity index (χ1) is 25.9. The van der Waals surface area contributed by atoms with Gasteiger partial charge in [-0.2, -0.15) is 0 Å². The Morgan fingerprint density at radius 3 is 2.38 bits per heavy atom. The van der Waals surface area contributed by atoms with E-state index in [0.29, 0.717) is 35.3 Å². The number of aryl methyl sites for hydroxylation is 1. The summed E-state index contributed by atoms with van der Waals surface area (Å²) in [5.41, 5.74) is -0.910. The lowest BCUT2D eigenvalue weighted by Gasteiger charge is -2.51. The third kappa shape index (κ3) is 8.34.